The molecule has 4 saturated carbocycles. The van der Waals surface area contributed by atoms with Gasteiger partial charge in [0.25, 0.3) is 0 Å². The van der Waals surface area contributed by atoms with Gasteiger partial charge in [0.2, 0.25) is 0 Å². The van der Waals surface area contributed by atoms with Crippen molar-refractivity contribution in [2.24, 2.45) is 51.2 Å². The summed E-state index contributed by atoms with van der Waals surface area (Å²) in [6, 6.07) is 3.31. The number of nitrogens with one attached hydrogen (secondary N) is 1. The predicted octanol–water partition coefficient (Wildman–Crippen LogP) is 10.1. The average Bonchev–Trinajstić information content (AvgIpc) is 3.34. The van der Waals surface area contributed by atoms with E-state index in [-0.39, 0.29) is 32.8 Å². The second-order valence-electron chi connectivity index (χ2n) is 16.9. The predicted molar refractivity (Wildman–Crippen MR) is 179 cm³/mol. The molecule has 5 heteroatoms. The molecule has 242 valence electrons. The van der Waals surface area contributed by atoms with Crippen LogP contribution in [0.5, 0.6) is 0 Å². The summed E-state index contributed by atoms with van der Waals surface area (Å²) in [6.45, 7) is 22.1. The minimum Gasteiger partial charge on any atom is -0.478 e. The van der Waals surface area contributed by atoms with Gasteiger partial charge in [-0.05, 0) is 146 Å². The van der Waals surface area contributed by atoms with Crippen molar-refractivity contribution < 1.29 is 14.3 Å². The first kappa shape index (κ1) is 32.3. The van der Waals surface area contributed by atoms with Crippen LogP contribution in [-0.2, 0) is 0 Å². The van der Waals surface area contributed by atoms with Crippen molar-refractivity contribution in [2.45, 2.75) is 112 Å². The van der Waals surface area contributed by atoms with Crippen molar-refractivity contribution >= 4 is 23.1 Å². The molecular weight excluding hydrogens is 569 g/mol. The summed E-state index contributed by atoms with van der Waals surface area (Å²) in [6.07, 6.45) is 13.4. The molecule has 0 heterocycles. The monoisotopic (exact) mass is 623 g/mol. The van der Waals surface area contributed by atoms with Gasteiger partial charge in [0, 0.05) is 18.0 Å². The van der Waals surface area contributed by atoms with E-state index in [1.165, 1.54) is 68.6 Å². The van der Waals surface area contributed by atoms with E-state index >= 15 is 4.39 Å². The molecule has 0 amide bonds. The molecule has 0 radical (unpaired) electrons. The molecule has 44 heavy (non-hydrogen) atoms. The number of carboxylic acid groups (broad SMARTS) is 1. The lowest BCUT2D eigenvalue weighted by atomic mass is 9.33. The summed E-state index contributed by atoms with van der Waals surface area (Å²) < 4.78 is 15.2. The Morgan fingerprint density at radius 3 is 2.41 bits per heavy atom. The Labute approximate surface area is 270 Å². The Kier molecular flexibility index (Phi) is 7.85. The maximum atomic E-state index is 15.2. The van der Waals surface area contributed by atoms with E-state index in [1.807, 2.05) is 6.07 Å². The van der Waals surface area contributed by atoms with E-state index in [0.717, 1.165) is 18.5 Å². The van der Waals surface area contributed by atoms with E-state index in [9.17, 15) is 9.90 Å². The van der Waals surface area contributed by atoms with Crippen LogP contribution < -0.4 is 5.32 Å². The molecule has 4 fully saturated rings. The first-order valence-electron chi connectivity index (χ1n) is 17.3. The van der Waals surface area contributed by atoms with E-state index < -0.39 is 11.8 Å². The van der Waals surface area contributed by atoms with Crippen molar-refractivity contribution in [3.05, 3.63) is 52.9 Å². The second kappa shape index (κ2) is 10.7. The highest BCUT2D eigenvalue weighted by atomic mass is 35.5. The molecule has 5 aliphatic rings. The van der Waals surface area contributed by atoms with Gasteiger partial charge in [-0.3, -0.25) is 0 Å². The number of halogens is 2. The number of carboxylic acids is 1. The number of hydrogen-bond acceptors (Lipinski definition) is 2. The molecule has 1 aromatic rings. The number of carbonyl (C=O) groups is 1. The Hall–Kier alpha value is -1.65. The second-order valence-corrected chi connectivity index (χ2v) is 17.3. The van der Waals surface area contributed by atoms with Gasteiger partial charge in [-0.25, -0.2) is 9.18 Å². The zero-order valence-corrected chi connectivity index (χ0v) is 29.0. The third kappa shape index (κ3) is 4.24. The van der Waals surface area contributed by atoms with Crippen LogP contribution in [0.25, 0.3) is 5.57 Å². The minimum atomic E-state index is -1.21. The number of allylic oxidation sites excluding steroid dienone is 3. The lowest BCUT2D eigenvalue weighted by molar-refractivity contribution is -0.219. The van der Waals surface area contributed by atoms with Gasteiger partial charge < -0.3 is 10.4 Å². The van der Waals surface area contributed by atoms with Crippen LogP contribution >= 0.6 is 11.6 Å². The highest BCUT2D eigenvalue weighted by molar-refractivity contribution is 6.18. The fourth-order valence-corrected chi connectivity index (χ4v) is 13.0. The molecule has 0 aromatic heterocycles. The van der Waals surface area contributed by atoms with Crippen LogP contribution in [0.15, 0.2) is 30.4 Å². The number of alkyl halides is 1. The van der Waals surface area contributed by atoms with Gasteiger partial charge in [-0.2, -0.15) is 0 Å². The number of fused-ring (bicyclic) bond motifs is 7. The fourth-order valence-electron chi connectivity index (χ4n) is 13.0. The lowest BCUT2D eigenvalue weighted by Gasteiger charge is -2.72. The SMILES string of the molecule is C=C(C)[C@@H]1CC[C@]2(NCCCl)CC[C@]3(C)[C@H](CC[C@@H]4[C@@]5(C)CC=C(c6ccc(C(=O)O)c(F)c6C)C(C)(C)[C@@H]5CC[C@]43C)[C@@H]12. The molecule has 0 spiro atoms. The van der Waals surface area contributed by atoms with E-state index in [0.29, 0.717) is 41.0 Å². The summed E-state index contributed by atoms with van der Waals surface area (Å²) in [5, 5.41) is 13.5. The number of hydrogen-bond donors (Lipinski definition) is 2. The molecule has 1 aromatic carbocycles. The van der Waals surface area contributed by atoms with E-state index in [4.69, 9.17) is 11.6 Å². The van der Waals surface area contributed by atoms with Crippen LogP contribution in [0, 0.1) is 64.0 Å². The Morgan fingerprint density at radius 2 is 1.75 bits per heavy atom. The molecule has 5 aliphatic carbocycles. The maximum Gasteiger partial charge on any atom is 0.338 e. The molecule has 0 bridgehead atoms. The van der Waals surface area contributed by atoms with E-state index in [2.05, 4.69) is 59.5 Å². The molecule has 3 nitrogen and oxygen atoms in total. The Morgan fingerprint density at radius 1 is 1.02 bits per heavy atom. The number of benzene rings is 1. The van der Waals surface area contributed by atoms with Crippen LogP contribution in [0.1, 0.15) is 121 Å². The summed E-state index contributed by atoms with van der Waals surface area (Å²) >= 11 is 6.25. The lowest BCUT2D eigenvalue weighted by Crippen LogP contribution is -2.68. The van der Waals surface area contributed by atoms with Gasteiger partial charge in [-0.1, -0.05) is 58.9 Å². The summed E-state index contributed by atoms with van der Waals surface area (Å²) in [5.74, 6) is 1.87. The summed E-state index contributed by atoms with van der Waals surface area (Å²) in [7, 11) is 0. The first-order chi connectivity index (χ1) is 20.6. The van der Waals surface area contributed by atoms with Crippen molar-refractivity contribution in [1.82, 2.24) is 5.32 Å². The molecule has 0 aliphatic heterocycles. The van der Waals surface area contributed by atoms with Gasteiger partial charge >= 0.3 is 5.97 Å². The van der Waals surface area contributed by atoms with Crippen LogP contribution in [0.2, 0.25) is 0 Å². The highest BCUT2D eigenvalue weighted by Gasteiger charge is 2.70. The van der Waals surface area contributed by atoms with Gasteiger partial charge in [-0.15, -0.1) is 11.6 Å². The molecule has 6 rings (SSSR count). The van der Waals surface area contributed by atoms with E-state index in [1.54, 1.807) is 6.92 Å². The average molecular weight is 624 g/mol. The smallest absolute Gasteiger partial charge is 0.338 e. The molecule has 0 unspecified atom stereocenters. The molecule has 2 N–H and O–H groups in total. The third-order valence-electron chi connectivity index (χ3n) is 15.1. The Balaban J connectivity index is 1.37. The van der Waals surface area contributed by atoms with Crippen molar-refractivity contribution in [3.8, 4) is 0 Å². The summed E-state index contributed by atoms with van der Waals surface area (Å²) in [4.78, 5) is 11.6. The van der Waals surface area contributed by atoms with Crippen LogP contribution in [-0.4, -0.2) is 29.0 Å². The van der Waals surface area contributed by atoms with Crippen molar-refractivity contribution in [1.29, 1.82) is 0 Å². The zero-order chi connectivity index (χ0) is 32.0. The fraction of sp³-hybridized carbons (Fsp3) is 0.718. The van der Waals surface area contributed by atoms with Crippen LogP contribution in [0.3, 0.4) is 0 Å². The normalized spacial score (nSPS) is 42.4. The summed E-state index contributed by atoms with van der Waals surface area (Å²) in [5.41, 5.74) is 4.41. The third-order valence-corrected chi connectivity index (χ3v) is 15.3. The quantitative estimate of drug-likeness (QED) is 0.245. The molecular formula is C39H55ClFNO2. The minimum absolute atomic E-state index is 0.141. The molecule has 0 saturated heterocycles. The number of aromatic carboxylic acids is 1. The number of rotatable bonds is 6. The highest BCUT2D eigenvalue weighted by Crippen LogP contribution is 2.76. The van der Waals surface area contributed by atoms with Crippen LogP contribution in [0.4, 0.5) is 4.39 Å². The Bertz CT molecular complexity index is 1400. The topological polar surface area (TPSA) is 49.3 Å². The van der Waals surface area contributed by atoms with Gasteiger partial charge in [0.05, 0.1) is 5.56 Å². The van der Waals surface area contributed by atoms with Gasteiger partial charge in [0.15, 0.2) is 0 Å². The maximum absolute atomic E-state index is 15.2. The largest absolute Gasteiger partial charge is 0.478 e. The first-order valence-corrected chi connectivity index (χ1v) is 17.8. The standard InChI is InChI=1S/C39H55ClFNO2/c1-23(2)25-13-18-39(42-22-21-40)20-19-37(7)29(32(25)39)11-12-31-36(6)16-14-28(35(4,5)30(36)15-17-38(31,37)8)26-9-10-27(34(43)44)33(41)24(26)3/h9-10,14,25,29-32,42H,1,11-13,15-22H2,2-8H3,(H,43,44)/t25-,29+,30-,31+,32+,36-,37+,38+,39-/m0/s1. The van der Waals surface area contributed by atoms with Crippen molar-refractivity contribution in [2.75, 3.05) is 12.4 Å². The molecule has 9 atom stereocenters. The zero-order valence-electron chi connectivity index (χ0n) is 28.2. The van der Waals surface area contributed by atoms with Gasteiger partial charge in [0.1, 0.15) is 5.82 Å². The van der Waals surface area contributed by atoms with Crippen molar-refractivity contribution in [3.63, 3.8) is 0 Å².